The maximum atomic E-state index is 13.3. The van der Waals surface area contributed by atoms with Crippen LogP contribution in [-0.4, -0.2) is 48.6 Å². The molecule has 1 atom stereocenters. The molecule has 0 amide bonds. The van der Waals surface area contributed by atoms with E-state index in [1.807, 2.05) is 0 Å². The molecule has 0 aliphatic heterocycles. The summed E-state index contributed by atoms with van der Waals surface area (Å²) in [6, 6.07) is 8.47. The lowest BCUT2D eigenvalue weighted by Gasteiger charge is -2.18. The molecule has 0 fully saturated rings. The molecule has 1 N–H and O–H groups in total. The van der Waals surface area contributed by atoms with Crippen molar-refractivity contribution in [1.82, 2.24) is 9.88 Å². The molecule has 2 heterocycles. The average molecular weight is 515 g/mol. The van der Waals surface area contributed by atoms with E-state index in [9.17, 15) is 16.8 Å². The topological polar surface area (TPSA) is 125 Å². The van der Waals surface area contributed by atoms with Crippen molar-refractivity contribution >= 4 is 31.2 Å². The maximum Gasteiger partial charge on any atom is 0.253 e. The zero-order valence-corrected chi connectivity index (χ0v) is 21.1. The highest BCUT2D eigenvalue weighted by molar-refractivity contribution is 7.91. The standard InChI is InChI=1S/C21H26N2O7S3/c1-14-15(2)30-22-19(14)20(29-11-10-28-3)23-33(26,27)21-18(9-12-31-21)17-7-5-16(6-8-17)13-32(4,24)25/h5-9,12,20,23H,10-11,13H2,1-4H3. The van der Waals surface area contributed by atoms with Crippen LogP contribution in [0.25, 0.3) is 11.1 Å². The number of aromatic nitrogens is 1. The summed E-state index contributed by atoms with van der Waals surface area (Å²) in [6.07, 6.45) is 0.106. The fourth-order valence-electron chi connectivity index (χ4n) is 3.09. The fourth-order valence-corrected chi connectivity index (χ4v) is 6.39. The Morgan fingerprint density at radius 1 is 1.09 bits per heavy atom. The van der Waals surface area contributed by atoms with Crippen LogP contribution in [0.5, 0.6) is 0 Å². The number of hydrogen-bond acceptors (Lipinski definition) is 9. The second-order valence-electron chi connectivity index (χ2n) is 7.50. The molecule has 0 aliphatic carbocycles. The van der Waals surface area contributed by atoms with Gasteiger partial charge in [-0.25, -0.2) is 16.8 Å². The van der Waals surface area contributed by atoms with Crippen LogP contribution < -0.4 is 4.72 Å². The van der Waals surface area contributed by atoms with Crippen molar-refractivity contribution in [2.75, 3.05) is 26.6 Å². The number of aryl methyl sites for hydroxylation is 1. The minimum Gasteiger partial charge on any atom is -0.382 e. The van der Waals surface area contributed by atoms with E-state index in [4.69, 9.17) is 14.0 Å². The third kappa shape index (κ3) is 6.49. The van der Waals surface area contributed by atoms with Gasteiger partial charge in [0.1, 0.15) is 15.7 Å². The number of sulfone groups is 1. The smallest absolute Gasteiger partial charge is 0.253 e. The van der Waals surface area contributed by atoms with Crippen molar-refractivity contribution in [2.45, 2.75) is 30.0 Å². The molecule has 33 heavy (non-hydrogen) atoms. The van der Waals surface area contributed by atoms with E-state index in [1.165, 1.54) is 13.4 Å². The Kier molecular flexibility index (Phi) is 8.08. The van der Waals surface area contributed by atoms with Crippen molar-refractivity contribution in [3.8, 4) is 11.1 Å². The van der Waals surface area contributed by atoms with Crippen molar-refractivity contribution in [3.05, 3.63) is 58.3 Å². The first kappa shape index (κ1) is 25.5. The van der Waals surface area contributed by atoms with E-state index in [0.717, 1.165) is 11.3 Å². The van der Waals surface area contributed by atoms with E-state index < -0.39 is 26.1 Å². The van der Waals surface area contributed by atoms with Crippen molar-refractivity contribution in [3.63, 3.8) is 0 Å². The Hall–Kier alpha value is -2.09. The minimum atomic E-state index is -4.00. The van der Waals surface area contributed by atoms with Crippen LogP contribution in [0, 0.1) is 13.8 Å². The molecular formula is C21H26N2O7S3. The predicted molar refractivity (Wildman–Crippen MR) is 125 cm³/mol. The van der Waals surface area contributed by atoms with Crippen LogP contribution >= 0.6 is 11.3 Å². The van der Waals surface area contributed by atoms with E-state index in [0.29, 0.717) is 33.7 Å². The van der Waals surface area contributed by atoms with Gasteiger partial charge in [0, 0.05) is 24.5 Å². The number of sulfonamides is 1. The molecule has 180 valence electrons. The highest BCUT2D eigenvalue weighted by Gasteiger charge is 2.29. The Morgan fingerprint density at radius 2 is 1.79 bits per heavy atom. The molecule has 2 aromatic heterocycles. The third-order valence-electron chi connectivity index (χ3n) is 4.84. The molecule has 3 rings (SSSR count). The Balaban J connectivity index is 1.89. The van der Waals surface area contributed by atoms with Crippen LogP contribution in [-0.2, 0) is 35.1 Å². The summed E-state index contributed by atoms with van der Waals surface area (Å²) in [6.45, 7) is 3.93. The molecule has 3 aromatic rings. The molecule has 9 nitrogen and oxygen atoms in total. The molecule has 12 heteroatoms. The quantitative estimate of drug-likeness (QED) is 0.305. The van der Waals surface area contributed by atoms with Gasteiger partial charge >= 0.3 is 0 Å². The molecule has 0 spiro atoms. The Morgan fingerprint density at radius 3 is 2.36 bits per heavy atom. The van der Waals surface area contributed by atoms with Crippen LogP contribution in [0.2, 0.25) is 0 Å². The summed E-state index contributed by atoms with van der Waals surface area (Å²) in [5, 5.41) is 5.65. The van der Waals surface area contributed by atoms with E-state index >= 15 is 0 Å². The van der Waals surface area contributed by atoms with Gasteiger partial charge in [0.15, 0.2) is 16.1 Å². The van der Waals surface area contributed by atoms with Crippen LogP contribution in [0.1, 0.15) is 28.8 Å². The van der Waals surface area contributed by atoms with Gasteiger partial charge in [-0.3, -0.25) is 0 Å². The summed E-state index contributed by atoms with van der Waals surface area (Å²) >= 11 is 1.07. The van der Waals surface area contributed by atoms with Gasteiger partial charge in [0.25, 0.3) is 10.0 Å². The summed E-state index contributed by atoms with van der Waals surface area (Å²) < 4.78 is 68.3. The van der Waals surface area contributed by atoms with E-state index in [1.54, 1.807) is 49.6 Å². The number of ether oxygens (including phenoxy) is 2. The van der Waals surface area contributed by atoms with Crippen LogP contribution in [0.4, 0.5) is 0 Å². The Labute approximate surface area is 197 Å². The zero-order valence-electron chi connectivity index (χ0n) is 18.7. The predicted octanol–water partition coefficient (Wildman–Crippen LogP) is 3.20. The fraction of sp³-hybridized carbons (Fsp3) is 0.381. The van der Waals surface area contributed by atoms with Crippen LogP contribution in [0.15, 0.2) is 44.4 Å². The molecule has 1 aromatic carbocycles. The van der Waals surface area contributed by atoms with Gasteiger partial charge in [-0.15, -0.1) is 11.3 Å². The monoisotopic (exact) mass is 514 g/mol. The lowest BCUT2D eigenvalue weighted by Crippen LogP contribution is -2.31. The molecule has 0 saturated heterocycles. The molecule has 0 radical (unpaired) electrons. The van der Waals surface area contributed by atoms with E-state index in [-0.39, 0.29) is 23.2 Å². The van der Waals surface area contributed by atoms with Gasteiger partial charge < -0.3 is 14.0 Å². The van der Waals surface area contributed by atoms with Gasteiger partial charge in [0.2, 0.25) is 0 Å². The molecule has 0 bridgehead atoms. The number of thiophene rings is 1. The molecular weight excluding hydrogens is 488 g/mol. The first-order valence-corrected chi connectivity index (χ1v) is 14.3. The summed E-state index contributed by atoms with van der Waals surface area (Å²) in [5.41, 5.74) is 2.81. The van der Waals surface area contributed by atoms with Crippen molar-refractivity contribution in [1.29, 1.82) is 0 Å². The minimum absolute atomic E-state index is 0.0827. The normalized spacial score (nSPS) is 13.3. The highest BCUT2D eigenvalue weighted by atomic mass is 32.2. The number of nitrogens with one attached hydrogen (secondary N) is 1. The van der Waals surface area contributed by atoms with Gasteiger partial charge in [-0.2, -0.15) is 4.72 Å². The van der Waals surface area contributed by atoms with Gasteiger partial charge in [-0.05, 0) is 36.4 Å². The number of methoxy groups -OCH3 is 1. The van der Waals surface area contributed by atoms with Crippen molar-refractivity contribution in [2.24, 2.45) is 0 Å². The molecule has 1 unspecified atom stereocenters. The second-order valence-corrected chi connectivity index (χ2v) is 12.5. The van der Waals surface area contributed by atoms with Crippen molar-refractivity contribution < 1.29 is 30.8 Å². The largest absolute Gasteiger partial charge is 0.382 e. The first-order chi connectivity index (χ1) is 15.5. The number of benzene rings is 1. The molecule has 0 saturated carbocycles. The first-order valence-electron chi connectivity index (χ1n) is 9.92. The van der Waals surface area contributed by atoms with Gasteiger partial charge in [0.05, 0.1) is 19.0 Å². The zero-order chi connectivity index (χ0) is 24.2. The number of nitrogens with zero attached hydrogens (tertiary/aromatic N) is 1. The SMILES string of the molecule is COCCOC(NS(=O)(=O)c1sccc1-c1ccc(CS(C)(=O)=O)cc1)c1noc(C)c1C. The third-order valence-corrected chi connectivity index (χ3v) is 8.59. The van der Waals surface area contributed by atoms with Crippen LogP contribution in [0.3, 0.4) is 0 Å². The second kappa shape index (κ2) is 10.5. The lowest BCUT2D eigenvalue weighted by molar-refractivity contribution is 0.00691. The average Bonchev–Trinajstić information content (AvgIpc) is 3.35. The number of hydrogen-bond donors (Lipinski definition) is 1. The summed E-state index contributed by atoms with van der Waals surface area (Å²) in [5.74, 6) is 0.483. The molecule has 0 aliphatic rings. The maximum absolute atomic E-state index is 13.3. The lowest BCUT2D eigenvalue weighted by atomic mass is 10.1. The number of rotatable bonds is 11. The Bertz CT molecular complexity index is 1290. The summed E-state index contributed by atoms with van der Waals surface area (Å²) in [4.78, 5) is 0. The summed E-state index contributed by atoms with van der Waals surface area (Å²) in [7, 11) is -5.65. The van der Waals surface area contributed by atoms with E-state index in [2.05, 4.69) is 9.88 Å². The van der Waals surface area contributed by atoms with Gasteiger partial charge in [-0.1, -0.05) is 29.4 Å². The highest BCUT2D eigenvalue weighted by Crippen LogP contribution is 2.34.